The Hall–Kier alpha value is -1.81. The molecule has 0 radical (unpaired) electrons. The van der Waals surface area contributed by atoms with E-state index in [2.05, 4.69) is 0 Å². The van der Waals surface area contributed by atoms with Gasteiger partial charge in [0, 0.05) is 5.56 Å². The summed E-state index contributed by atoms with van der Waals surface area (Å²) in [5.41, 5.74) is 1.16. The minimum absolute atomic E-state index is 0.00441. The molecule has 1 heterocycles. The van der Waals surface area contributed by atoms with Crippen molar-refractivity contribution in [3.63, 3.8) is 0 Å². The van der Waals surface area contributed by atoms with Crippen molar-refractivity contribution in [2.24, 2.45) is 0 Å². The fraction of sp³-hybridized carbons (Fsp3) is 0.438. The summed E-state index contributed by atoms with van der Waals surface area (Å²) in [6.45, 7) is 7.32. The van der Waals surface area contributed by atoms with E-state index in [1.165, 1.54) is 6.07 Å². The average molecular weight is 276 g/mol. The van der Waals surface area contributed by atoms with E-state index in [0.717, 1.165) is 11.1 Å². The number of phenols is 1. The van der Waals surface area contributed by atoms with E-state index >= 15 is 0 Å². The lowest BCUT2D eigenvalue weighted by atomic mass is 9.88. The minimum Gasteiger partial charge on any atom is -0.508 e. The number of fused-ring (bicyclic) bond motifs is 1. The monoisotopic (exact) mass is 276 g/mol. The number of benzene rings is 1. The molecule has 0 saturated carbocycles. The van der Waals surface area contributed by atoms with Gasteiger partial charge in [-0.15, -0.1) is 0 Å². The van der Waals surface area contributed by atoms with Gasteiger partial charge in [0.05, 0.1) is 5.56 Å². The van der Waals surface area contributed by atoms with E-state index in [1.54, 1.807) is 19.9 Å². The van der Waals surface area contributed by atoms with Crippen LogP contribution in [0, 0.1) is 0 Å². The lowest BCUT2D eigenvalue weighted by molar-refractivity contribution is -0.0254. The van der Waals surface area contributed by atoms with Crippen molar-refractivity contribution in [1.82, 2.24) is 0 Å². The molecule has 108 valence electrons. The number of Topliss-reactive ketones (excluding diaryl/α,β-unsaturated/α-hetero) is 1. The number of aromatic hydroxyl groups is 1. The van der Waals surface area contributed by atoms with Crippen LogP contribution in [-0.2, 0) is 6.42 Å². The zero-order valence-electron chi connectivity index (χ0n) is 12.2. The molecule has 1 aromatic carbocycles. The van der Waals surface area contributed by atoms with Crippen molar-refractivity contribution in [3.05, 3.63) is 34.9 Å². The number of hydrogen-bond donors (Lipinski definition) is 2. The number of aliphatic hydroxyl groups excluding tert-OH is 1. The number of rotatable bonds is 2. The highest BCUT2D eigenvalue weighted by molar-refractivity contribution is 6.04. The second kappa shape index (κ2) is 4.94. The third-order valence-electron chi connectivity index (χ3n) is 3.42. The Kier molecular flexibility index (Phi) is 3.61. The lowest BCUT2D eigenvalue weighted by Crippen LogP contribution is -2.50. The quantitative estimate of drug-likeness (QED) is 0.815. The molecule has 0 fully saturated rings. The van der Waals surface area contributed by atoms with E-state index in [4.69, 9.17) is 4.74 Å². The molecule has 1 aromatic rings. The molecule has 0 bridgehead atoms. The number of allylic oxidation sites excluding steroid dienone is 2. The van der Waals surface area contributed by atoms with Crippen molar-refractivity contribution in [2.45, 2.75) is 45.8 Å². The Balaban J connectivity index is 2.55. The Morgan fingerprint density at radius 1 is 1.40 bits per heavy atom. The van der Waals surface area contributed by atoms with E-state index in [1.807, 2.05) is 19.9 Å². The molecule has 2 rings (SSSR count). The van der Waals surface area contributed by atoms with E-state index in [9.17, 15) is 15.0 Å². The molecular formula is C16H20O4. The number of phenolic OH excluding ortho intramolecular Hbond substituents is 1. The van der Waals surface area contributed by atoms with Crippen LogP contribution in [0.4, 0.5) is 0 Å². The summed E-state index contributed by atoms with van der Waals surface area (Å²) >= 11 is 0. The van der Waals surface area contributed by atoms with Gasteiger partial charge in [0.2, 0.25) is 0 Å². The van der Waals surface area contributed by atoms with Gasteiger partial charge in [0.25, 0.3) is 0 Å². The predicted octanol–water partition coefficient (Wildman–Crippen LogP) is 2.62. The topological polar surface area (TPSA) is 66.8 Å². The van der Waals surface area contributed by atoms with Crippen LogP contribution in [0.3, 0.4) is 0 Å². The Morgan fingerprint density at radius 2 is 2.05 bits per heavy atom. The summed E-state index contributed by atoms with van der Waals surface area (Å²) in [4.78, 5) is 12.2. The molecular weight excluding hydrogens is 256 g/mol. The molecule has 0 aromatic heterocycles. The molecule has 4 heteroatoms. The summed E-state index contributed by atoms with van der Waals surface area (Å²) in [5.74, 6) is 0.0518. The van der Waals surface area contributed by atoms with Gasteiger partial charge >= 0.3 is 0 Å². The Labute approximate surface area is 118 Å². The normalized spacial score (nSPS) is 20.1. The minimum atomic E-state index is -1.23. The first-order valence-electron chi connectivity index (χ1n) is 6.63. The molecule has 0 spiro atoms. The van der Waals surface area contributed by atoms with Crippen molar-refractivity contribution < 1.29 is 19.7 Å². The largest absolute Gasteiger partial charge is 0.508 e. The summed E-state index contributed by atoms with van der Waals surface area (Å²) < 4.78 is 5.81. The molecule has 4 nitrogen and oxygen atoms in total. The maximum Gasteiger partial charge on any atom is 0.199 e. The van der Waals surface area contributed by atoms with Gasteiger partial charge in [-0.3, -0.25) is 4.79 Å². The highest BCUT2D eigenvalue weighted by Gasteiger charge is 2.43. The second-order valence-corrected chi connectivity index (χ2v) is 5.94. The van der Waals surface area contributed by atoms with Crippen LogP contribution >= 0.6 is 0 Å². The van der Waals surface area contributed by atoms with Gasteiger partial charge in [0.1, 0.15) is 17.1 Å². The molecule has 0 saturated heterocycles. The van der Waals surface area contributed by atoms with E-state index in [-0.39, 0.29) is 11.3 Å². The summed E-state index contributed by atoms with van der Waals surface area (Å²) in [5, 5.41) is 19.7. The lowest BCUT2D eigenvalue weighted by Gasteiger charge is -2.36. The van der Waals surface area contributed by atoms with Crippen LogP contribution in [0.15, 0.2) is 23.8 Å². The molecule has 20 heavy (non-hydrogen) atoms. The van der Waals surface area contributed by atoms with Crippen molar-refractivity contribution >= 4 is 5.78 Å². The highest BCUT2D eigenvalue weighted by atomic mass is 16.5. The molecule has 0 unspecified atom stereocenters. The highest BCUT2D eigenvalue weighted by Crippen LogP contribution is 2.38. The number of hydrogen-bond acceptors (Lipinski definition) is 4. The smallest absolute Gasteiger partial charge is 0.199 e. The zero-order chi connectivity index (χ0) is 15.1. The van der Waals surface area contributed by atoms with Crippen molar-refractivity contribution in [1.29, 1.82) is 0 Å². The first-order chi connectivity index (χ1) is 9.22. The fourth-order valence-corrected chi connectivity index (χ4v) is 2.22. The number of ether oxygens (including phenoxy) is 1. The third-order valence-corrected chi connectivity index (χ3v) is 3.42. The molecule has 0 amide bonds. The number of aliphatic hydroxyl groups is 1. The second-order valence-electron chi connectivity index (χ2n) is 5.94. The number of ketones is 1. The van der Waals surface area contributed by atoms with Gasteiger partial charge in [-0.2, -0.15) is 0 Å². The first-order valence-corrected chi connectivity index (χ1v) is 6.63. The van der Waals surface area contributed by atoms with Crippen LogP contribution in [0.1, 0.15) is 43.6 Å². The number of carbonyl (C=O) groups excluding carboxylic acids is 1. The summed E-state index contributed by atoms with van der Waals surface area (Å²) in [7, 11) is 0. The Bertz CT molecular complexity index is 580. The molecule has 1 aliphatic rings. The SMILES string of the molecule is CC(C)=CCc1cc(O)cc2c1OC(C)(C)[C@@H](O)C2=O. The van der Waals surface area contributed by atoms with Crippen LogP contribution in [0.5, 0.6) is 11.5 Å². The predicted molar refractivity (Wildman–Crippen MR) is 76.3 cm³/mol. The van der Waals surface area contributed by atoms with E-state index < -0.39 is 17.5 Å². The standard InChI is InChI=1S/C16H20O4/c1-9(2)5-6-10-7-11(17)8-12-13(18)15(19)16(3,4)20-14(10)12/h5,7-8,15,17,19H,6H2,1-4H3/t15-/m0/s1. The van der Waals surface area contributed by atoms with Gasteiger partial charge in [0.15, 0.2) is 11.9 Å². The van der Waals surface area contributed by atoms with Crippen LogP contribution in [0.25, 0.3) is 0 Å². The average Bonchev–Trinajstić information content (AvgIpc) is 2.35. The van der Waals surface area contributed by atoms with Gasteiger partial charge in [-0.25, -0.2) is 0 Å². The van der Waals surface area contributed by atoms with Crippen molar-refractivity contribution in [2.75, 3.05) is 0 Å². The summed E-state index contributed by atoms with van der Waals surface area (Å²) in [6.07, 6.45) is 1.34. The van der Waals surface area contributed by atoms with Crippen LogP contribution < -0.4 is 4.74 Å². The third kappa shape index (κ3) is 2.56. The Morgan fingerprint density at radius 3 is 2.65 bits per heavy atom. The maximum absolute atomic E-state index is 12.2. The molecule has 1 aliphatic heterocycles. The van der Waals surface area contributed by atoms with Crippen LogP contribution in [0.2, 0.25) is 0 Å². The van der Waals surface area contributed by atoms with Gasteiger partial charge in [-0.05, 0) is 46.2 Å². The van der Waals surface area contributed by atoms with Gasteiger partial charge < -0.3 is 14.9 Å². The molecule has 1 atom stereocenters. The first kappa shape index (κ1) is 14.6. The van der Waals surface area contributed by atoms with Crippen molar-refractivity contribution in [3.8, 4) is 11.5 Å². The molecule has 2 N–H and O–H groups in total. The fourth-order valence-electron chi connectivity index (χ4n) is 2.22. The number of carbonyl (C=O) groups is 1. The van der Waals surface area contributed by atoms with Gasteiger partial charge in [-0.1, -0.05) is 11.6 Å². The molecule has 0 aliphatic carbocycles. The summed E-state index contributed by atoms with van der Waals surface area (Å²) in [6, 6.07) is 2.95. The zero-order valence-corrected chi connectivity index (χ0v) is 12.2. The maximum atomic E-state index is 12.2. The van der Waals surface area contributed by atoms with E-state index in [0.29, 0.717) is 12.2 Å². The van der Waals surface area contributed by atoms with Crippen LogP contribution in [-0.4, -0.2) is 27.7 Å².